The molecule has 0 radical (unpaired) electrons. The molecule has 4 atom stereocenters. The maximum Gasteiger partial charge on any atom is 0.411 e. The minimum Gasteiger partial charge on any atom is -0.467 e. The fourth-order valence-corrected chi connectivity index (χ4v) is 3.34. The molecule has 108 valence electrons. The van der Waals surface area contributed by atoms with E-state index in [1.165, 1.54) is 7.11 Å². The van der Waals surface area contributed by atoms with Crippen LogP contribution in [-0.2, 0) is 14.3 Å². The van der Waals surface area contributed by atoms with E-state index in [0.717, 1.165) is 12.8 Å². The second-order valence-corrected chi connectivity index (χ2v) is 6.63. The van der Waals surface area contributed by atoms with Crippen LogP contribution in [0.5, 0.6) is 0 Å². The second-order valence-electron chi connectivity index (χ2n) is 6.63. The third kappa shape index (κ3) is 2.55. The molecule has 1 aliphatic carbocycles. The van der Waals surface area contributed by atoms with E-state index in [1.54, 1.807) is 4.90 Å². The highest BCUT2D eigenvalue weighted by Crippen LogP contribution is 2.46. The van der Waals surface area contributed by atoms with Gasteiger partial charge in [0.15, 0.2) is 0 Å². The van der Waals surface area contributed by atoms with Gasteiger partial charge in [-0.15, -0.1) is 0 Å². The van der Waals surface area contributed by atoms with Crippen molar-refractivity contribution in [1.82, 2.24) is 4.90 Å². The van der Waals surface area contributed by atoms with Crippen molar-refractivity contribution in [3.63, 3.8) is 0 Å². The van der Waals surface area contributed by atoms with E-state index in [2.05, 4.69) is 6.92 Å². The number of likely N-dealkylation sites (tertiary alicyclic amines) is 1. The fourth-order valence-electron chi connectivity index (χ4n) is 3.34. The van der Waals surface area contributed by atoms with Gasteiger partial charge in [0.1, 0.15) is 11.6 Å². The second kappa shape index (κ2) is 4.69. The van der Waals surface area contributed by atoms with Crippen LogP contribution in [0.1, 0.15) is 40.5 Å². The molecule has 5 nitrogen and oxygen atoms in total. The highest BCUT2D eigenvalue weighted by molar-refractivity contribution is 5.83. The lowest BCUT2D eigenvalue weighted by molar-refractivity contribution is -0.149. The number of fused-ring (bicyclic) bond motifs is 2. The summed E-state index contributed by atoms with van der Waals surface area (Å²) in [7, 11) is 1.37. The first kappa shape index (κ1) is 14.2. The first-order valence-corrected chi connectivity index (χ1v) is 6.83. The number of rotatable bonds is 1. The summed E-state index contributed by atoms with van der Waals surface area (Å²) in [5.74, 6) is 0.295. The minimum atomic E-state index is -0.553. The molecule has 0 N–H and O–H groups in total. The van der Waals surface area contributed by atoms with Gasteiger partial charge in [0.05, 0.1) is 7.11 Å². The van der Waals surface area contributed by atoms with E-state index in [4.69, 9.17) is 9.47 Å². The molecule has 1 saturated carbocycles. The Balaban J connectivity index is 2.20. The van der Waals surface area contributed by atoms with Crippen molar-refractivity contribution in [2.45, 2.75) is 58.2 Å². The third-order valence-corrected chi connectivity index (χ3v) is 4.03. The zero-order valence-electron chi connectivity index (χ0n) is 12.3. The van der Waals surface area contributed by atoms with E-state index < -0.39 is 17.7 Å². The molecule has 2 aliphatic rings. The first-order valence-electron chi connectivity index (χ1n) is 6.83. The Kier molecular flexibility index (Phi) is 3.49. The maximum absolute atomic E-state index is 12.3. The number of hydrogen-bond donors (Lipinski definition) is 0. The Bertz CT molecular complexity index is 387. The molecule has 2 rings (SSSR count). The smallest absolute Gasteiger partial charge is 0.411 e. The average Bonchev–Trinajstić information content (AvgIpc) is 2.81. The predicted molar refractivity (Wildman–Crippen MR) is 69.6 cm³/mol. The Labute approximate surface area is 114 Å². The highest BCUT2D eigenvalue weighted by atomic mass is 16.6. The lowest BCUT2D eigenvalue weighted by Gasteiger charge is -2.37. The van der Waals surface area contributed by atoms with Gasteiger partial charge < -0.3 is 9.47 Å². The summed E-state index contributed by atoms with van der Waals surface area (Å²) in [6.07, 6.45) is 1.45. The van der Waals surface area contributed by atoms with Crippen molar-refractivity contribution in [3.8, 4) is 0 Å². The van der Waals surface area contributed by atoms with Gasteiger partial charge >= 0.3 is 12.1 Å². The summed E-state index contributed by atoms with van der Waals surface area (Å²) in [4.78, 5) is 25.8. The summed E-state index contributed by atoms with van der Waals surface area (Å²) in [5, 5.41) is 0. The van der Waals surface area contributed by atoms with Crippen molar-refractivity contribution >= 4 is 12.1 Å². The Hall–Kier alpha value is -1.26. The zero-order chi connectivity index (χ0) is 14.4. The van der Waals surface area contributed by atoms with Crippen molar-refractivity contribution < 1.29 is 19.1 Å². The van der Waals surface area contributed by atoms with Crippen molar-refractivity contribution in [1.29, 1.82) is 0 Å². The molecule has 0 spiro atoms. The fraction of sp³-hybridized carbons (Fsp3) is 0.857. The number of carbonyl (C=O) groups excluding carboxylic acids is 2. The van der Waals surface area contributed by atoms with Crippen LogP contribution in [-0.4, -0.2) is 41.8 Å². The summed E-state index contributed by atoms with van der Waals surface area (Å²) in [5.41, 5.74) is -0.553. The Morgan fingerprint density at radius 2 is 1.84 bits per heavy atom. The Morgan fingerprint density at radius 3 is 2.37 bits per heavy atom. The van der Waals surface area contributed by atoms with Crippen LogP contribution >= 0.6 is 0 Å². The van der Waals surface area contributed by atoms with Gasteiger partial charge in [0, 0.05) is 6.04 Å². The van der Waals surface area contributed by atoms with Crippen LogP contribution in [0, 0.1) is 11.8 Å². The van der Waals surface area contributed by atoms with Gasteiger partial charge in [-0.25, -0.2) is 9.59 Å². The van der Waals surface area contributed by atoms with Crippen LogP contribution in [0.15, 0.2) is 0 Å². The van der Waals surface area contributed by atoms with Gasteiger partial charge in [-0.3, -0.25) is 4.90 Å². The molecule has 1 aliphatic heterocycles. The molecular formula is C14H23NO4. The maximum atomic E-state index is 12.3. The van der Waals surface area contributed by atoms with E-state index >= 15 is 0 Å². The first-order chi connectivity index (χ1) is 8.74. The Morgan fingerprint density at radius 1 is 1.21 bits per heavy atom. The molecule has 0 aromatic rings. The zero-order valence-corrected chi connectivity index (χ0v) is 12.3. The van der Waals surface area contributed by atoms with Crippen molar-refractivity contribution in [2.24, 2.45) is 11.8 Å². The molecular weight excluding hydrogens is 246 g/mol. The van der Waals surface area contributed by atoms with Gasteiger partial charge in [-0.05, 0) is 45.4 Å². The number of hydrogen-bond acceptors (Lipinski definition) is 4. The predicted octanol–water partition coefficient (Wildman–Crippen LogP) is 2.19. The summed E-state index contributed by atoms with van der Waals surface area (Å²) >= 11 is 0. The lowest BCUT2D eigenvalue weighted by atomic mass is 9.94. The number of carbonyl (C=O) groups is 2. The van der Waals surface area contributed by atoms with Crippen LogP contribution in [0.25, 0.3) is 0 Å². The van der Waals surface area contributed by atoms with Crippen LogP contribution < -0.4 is 0 Å². The molecule has 1 amide bonds. The van der Waals surface area contributed by atoms with Gasteiger partial charge in [0.25, 0.3) is 0 Å². The van der Waals surface area contributed by atoms with Gasteiger partial charge in [-0.2, -0.15) is 0 Å². The number of amides is 1. The summed E-state index contributed by atoms with van der Waals surface area (Å²) < 4.78 is 10.3. The molecule has 19 heavy (non-hydrogen) atoms. The molecule has 0 aromatic carbocycles. The molecule has 1 saturated heterocycles. The number of piperidine rings is 1. The molecule has 2 fully saturated rings. The van der Waals surface area contributed by atoms with E-state index in [1.807, 2.05) is 20.8 Å². The third-order valence-electron chi connectivity index (χ3n) is 4.03. The lowest BCUT2D eigenvalue weighted by Crippen LogP contribution is -2.53. The highest BCUT2D eigenvalue weighted by Gasteiger charge is 2.55. The standard InChI is InChI=1S/C14H23NO4/c1-8-6-9-7-10(8)15(11(9)12(16)18-5)13(17)19-14(2,3)4/h8-11H,6-7H2,1-5H3/t8-,9+,10+,11+/m0/s1. The number of ether oxygens (including phenoxy) is 2. The van der Waals surface area contributed by atoms with Crippen molar-refractivity contribution in [2.75, 3.05) is 7.11 Å². The van der Waals surface area contributed by atoms with E-state index in [0.29, 0.717) is 5.92 Å². The van der Waals surface area contributed by atoms with Gasteiger partial charge in [0.2, 0.25) is 0 Å². The minimum absolute atomic E-state index is 0.101. The quantitative estimate of drug-likeness (QED) is 0.685. The van der Waals surface area contributed by atoms with Crippen LogP contribution in [0.2, 0.25) is 0 Å². The number of methoxy groups -OCH3 is 1. The van der Waals surface area contributed by atoms with Crippen molar-refractivity contribution in [3.05, 3.63) is 0 Å². The molecule has 5 heteroatoms. The van der Waals surface area contributed by atoms with Gasteiger partial charge in [-0.1, -0.05) is 6.92 Å². The largest absolute Gasteiger partial charge is 0.467 e. The van der Waals surface area contributed by atoms with E-state index in [-0.39, 0.29) is 17.9 Å². The molecule has 0 aromatic heterocycles. The molecule has 0 unspecified atom stereocenters. The molecule has 1 heterocycles. The number of nitrogens with zero attached hydrogens (tertiary/aromatic N) is 1. The van der Waals surface area contributed by atoms with Crippen LogP contribution in [0.3, 0.4) is 0 Å². The summed E-state index contributed by atoms with van der Waals surface area (Å²) in [6.45, 7) is 7.61. The monoisotopic (exact) mass is 269 g/mol. The average molecular weight is 269 g/mol. The summed E-state index contributed by atoms with van der Waals surface area (Å²) in [6, 6.07) is -0.370. The van der Waals surface area contributed by atoms with E-state index in [9.17, 15) is 9.59 Å². The number of esters is 1. The molecule has 2 bridgehead atoms. The topological polar surface area (TPSA) is 55.8 Å². The normalized spacial score (nSPS) is 33.4. The van der Waals surface area contributed by atoms with Crippen LogP contribution in [0.4, 0.5) is 4.79 Å². The SMILES string of the molecule is COC(=O)[C@H]1[C@H]2C[C@H]([C@@H](C)C2)N1C(=O)OC(C)(C)C.